The lowest BCUT2D eigenvalue weighted by atomic mass is 10.00. The highest BCUT2D eigenvalue weighted by Crippen LogP contribution is 2.20. The molecule has 0 aliphatic carbocycles. The van der Waals surface area contributed by atoms with Gasteiger partial charge in [-0.25, -0.2) is 0 Å². The van der Waals surface area contributed by atoms with Gasteiger partial charge in [-0.3, -0.25) is 9.59 Å². The molecule has 0 radical (unpaired) electrons. The summed E-state index contributed by atoms with van der Waals surface area (Å²) in [4.78, 5) is 26.8. The Hall–Kier alpha value is -3.38. The van der Waals surface area contributed by atoms with Gasteiger partial charge in [0.05, 0.1) is 13.2 Å². The second-order valence-corrected chi connectivity index (χ2v) is 8.29. The van der Waals surface area contributed by atoms with E-state index in [9.17, 15) is 9.59 Å². The molecule has 2 N–H and O–H groups in total. The molecule has 0 bridgehead atoms. The molecule has 0 aliphatic rings. The second kappa shape index (κ2) is 10.1. The molecule has 0 aliphatic heterocycles. The summed E-state index contributed by atoms with van der Waals surface area (Å²) in [5.74, 6) is -0.0466. The van der Waals surface area contributed by atoms with Gasteiger partial charge in [0.1, 0.15) is 11.4 Å². The van der Waals surface area contributed by atoms with E-state index < -0.39 is 0 Å². The summed E-state index contributed by atoms with van der Waals surface area (Å²) in [6.07, 6.45) is 1.69. The summed E-state index contributed by atoms with van der Waals surface area (Å²) in [6, 6.07) is 16.5. The van der Waals surface area contributed by atoms with Crippen molar-refractivity contribution in [1.29, 1.82) is 0 Å². The van der Waals surface area contributed by atoms with Crippen LogP contribution < -0.4 is 15.4 Å². The molecule has 1 heterocycles. The Morgan fingerprint density at radius 3 is 2.45 bits per heavy atom. The van der Waals surface area contributed by atoms with Crippen LogP contribution in [0.2, 0.25) is 0 Å². The molecule has 0 saturated heterocycles. The van der Waals surface area contributed by atoms with Gasteiger partial charge in [0.2, 0.25) is 0 Å². The number of rotatable bonds is 7. The number of thiophene rings is 1. The molecule has 0 saturated carbocycles. The topological polar surface area (TPSA) is 67.4 Å². The van der Waals surface area contributed by atoms with Crippen LogP contribution in [-0.2, 0) is 4.79 Å². The minimum Gasteiger partial charge on any atom is -0.497 e. The molecule has 3 rings (SSSR count). The molecule has 31 heavy (non-hydrogen) atoms. The van der Waals surface area contributed by atoms with Crippen LogP contribution in [0.3, 0.4) is 0 Å². The Labute approximate surface area is 186 Å². The lowest BCUT2D eigenvalue weighted by Gasteiger charge is -2.19. The molecule has 5 nitrogen and oxygen atoms in total. The van der Waals surface area contributed by atoms with E-state index >= 15 is 0 Å². The Morgan fingerprint density at radius 2 is 1.81 bits per heavy atom. The van der Waals surface area contributed by atoms with Crippen molar-refractivity contribution >= 4 is 29.2 Å². The largest absolute Gasteiger partial charge is 0.497 e. The quantitative estimate of drug-likeness (QED) is 0.513. The normalized spacial score (nSPS) is 12.2. The predicted octanol–water partition coefficient (Wildman–Crippen LogP) is 5.02. The standard InChI is InChI=1S/C25H26N2O3S/c1-16-7-8-17(2)22(14-16)18(3)26-25(29)23(15-21-6-5-13-31-21)27-24(28)19-9-11-20(30-4)12-10-19/h5-15,18H,1-4H3,(H,26,29)(H,27,28)/b23-15-/t18-/m0/s1. The Bertz CT molecular complexity index is 1090. The van der Waals surface area contributed by atoms with Crippen LogP contribution in [-0.4, -0.2) is 18.9 Å². The zero-order chi connectivity index (χ0) is 22.4. The number of benzene rings is 2. The minimum atomic E-state index is -0.361. The van der Waals surface area contributed by atoms with E-state index in [0.29, 0.717) is 11.3 Å². The third-order valence-corrected chi connectivity index (χ3v) is 5.74. The van der Waals surface area contributed by atoms with E-state index in [1.54, 1.807) is 37.5 Å². The van der Waals surface area contributed by atoms with Gasteiger partial charge < -0.3 is 15.4 Å². The van der Waals surface area contributed by atoms with E-state index in [-0.39, 0.29) is 23.6 Å². The summed E-state index contributed by atoms with van der Waals surface area (Å²) in [6.45, 7) is 5.98. The molecule has 1 atom stereocenters. The van der Waals surface area contributed by atoms with E-state index in [4.69, 9.17) is 4.74 Å². The first-order valence-electron chi connectivity index (χ1n) is 9.96. The average Bonchev–Trinajstić information content (AvgIpc) is 3.28. The van der Waals surface area contributed by atoms with Crippen molar-refractivity contribution in [1.82, 2.24) is 10.6 Å². The molecule has 2 amide bonds. The molecule has 0 fully saturated rings. The number of hydrogen-bond donors (Lipinski definition) is 2. The monoisotopic (exact) mass is 434 g/mol. The first kappa shape index (κ1) is 22.3. The van der Waals surface area contributed by atoms with Crippen molar-refractivity contribution in [2.75, 3.05) is 7.11 Å². The van der Waals surface area contributed by atoms with Gasteiger partial charge in [-0.05, 0) is 73.7 Å². The smallest absolute Gasteiger partial charge is 0.268 e. The van der Waals surface area contributed by atoms with Crippen molar-refractivity contribution < 1.29 is 14.3 Å². The number of ether oxygens (including phenoxy) is 1. The SMILES string of the molecule is COc1ccc(C(=O)N/C(=C\c2cccs2)C(=O)N[C@@H](C)c2cc(C)ccc2C)cc1. The zero-order valence-corrected chi connectivity index (χ0v) is 18.9. The van der Waals surface area contributed by atoms with Gasteiger partial charge in [-0.1, -0.05) is 29.8 Å². The van der Waals surface area contributed by atoms with Crippen LogP contribution in [0.4, 0.5) is 0 Å². The number of nitrogens with one attached hydrogen (secondary N) is 2. The van der Waals surface area contributed by atoms with Crippen molar-refractivity contribution in [3.05, 3.63) is 92.8 Å². The number of amides is 2. The summed E-state index contributed by atoms with van der Waals surface area (Å²) in [7, 11) is 1.57. The van der Waals surface area contributed by atoms with Crippen LogP contribution in [0.25, 0.3) is 6.08 Å². The van der Waals surface area contributed by atoms with Gasteiger partial charge >= 0.3 is 0 Å². The third kappa shape index (κ3) is 5.83. The first-order chi connectivity index (χ1) is 14.9. The van der Waals surface area contributed by atoms with Gasteiger partial charge in [-0.15, -0.1) is 11.3 Å². The fourth-order valence-corrected chi connectivity index (χ4v) is 3.85. The van der Waals surface area contributed by atoms with Crippen molar-refractivity contribution in [3.8, 4) is 5.75 Å². The number of aryl methyl sites for hydroxylation is 2. The zero-order valence-electron chi connectivity index (χ0n) is 18.1. The summed E-state index contributed by atoms with van der Waals surface area (Å²) >= 11 is 1.49. The molecule has 0 unspecified atom stereocenters. The van der Waals surface area contributed by atoms with Gasteiger partial charge in [0.15, 0.2) is 0 Å². The maximum Gasteiger partial charge on any atom is 0.268 e. The predicted molar refractivity (Wildman–Crippen MR) is 125 cm³/mol. The Balaban J connectivity index is 1.82. The average molecular weight is 435 g/mol. The molecule has 3 aromatic rings. The summed E-state index contributed by atoms with van der Waals surface area (Å²) in [5, 5.41) is 7.70. The van der Waals surface area contributed by atoms with Gasteiger partial charge in [0, 0.05) is 10.4 Å². The highest BCUT2D eigenvalue weighted by Gasteiger charge is 2.18. The molecule has 1 aromatic heterocycles. The van der Waals surface area contributed by atoms with Crippen LogP contribution in [0.5, 0.6) is 5.75 Å². The van der Waals surface area contributed by atoms with Crippen LogP contribution in [0.15, 0.2) is 65.7 Å². The van der Waals surface area contributed by atoms with Crippen LogP contribution in [0.1, 0.15) is 44.9 Å². The molecule has 160 valence electrons. The fraction of sp³-hybridized carbons (Fsp3) is 0.200. The molecular weight excluding hydrogens is 408 g/mol. The van der Waals surface area contributed by atoms with Gasteiger partial charge in [0.25, 0.3) is 11.8 Å². The maximum absolute atomic E-state index is 13.1. The lowest BCUT2D eigenvalue weighted by Crippen LogP contribution is -2.36. The Kier molecular flexibility index (Phi) is 7.26. The summed E-state index contributed by atoms with van der Waals surface area (Å²) in [5.41, 5.74) is 3.91. The number of hydrogen-bond acceptors (Lipinski definition) is 4. The third-order valence-electron chi connectivity index (χ3n) is 4.92. The van der Waals surface area contributed by atoms with Crippen molar-refractivity contribution in [2.24, 2.45) is 0 Å². The number of methoxy groups -OCH3 is 1. The maximum atomic E-state index is 13.1. The molecule has 2 aromatic carbocycles. The van der Waals surface area contributed by atoms with Crippen molar-refractivity contribution in [3.63, 3.8) is 0 Å². The molecule has 0 spiro atoms. The van der Waals surface area contributed by atoms with E-state index in [0.717, 1.165) is 21.6 Å². The fourth-order valence-electron chi connectivity index (χ4n) is 3.19. The summed E-state index contributed by atoms with van der Waals surface area (Å²) < 4.78 is 5.14. The highest BCUT2D eigenvalue weighted by molar-refractivity contribution is 7.10. The molecule has 6 heteroatoms. The van der Waals surface area contributed by atoms with Crippen molar-refractivity contribution in [2.45, 2.75) is 26.8 Å². The highest BCUT2D eigenvalue weighted by atomic mass is 32.1. The second-order valence-electron chi connectivity index (χ2n) is 7.31. The Morgan fingerprint density at radius 1 is 1.06 bits per heavy atom. The van der Waals surface area contributed by atoms with E-state index in [1.807, 2.05) is 50.4 Å². The van der Waals surface area contributed by atoms with Crippen LogP contribution in [0, 0.1) is 13.8 Å². The van der Waals surface area contributed by atoms with Gasteiger partial charge in [-0.2, -0.15) is 0 Å². The first-order valence-corrected chi connectivity index (χ1v) is 10.8. The number of carbonyl (C=O) groups is 2. The van der Waals surface area contributed by atoms with E-state index in [2.05, 4.69) is 16.7 Å². The van der Waals surface area contributed by atoms with E-state index in [1.165, 1.54) is 11.3 Å². The molecular formula is C25H26N2O3S. The van der Waals surface area contributed by atoms with Crippen LogP contribution >= 0.6 is 11.3 Å². The number of carbonyl (C=O) groups excluding carboxylic acids is 2. The lowest BCUT2D eigenvalue weighted by molar-refractivity contribution is -0.118. The minimum absolute atomic E-state index is 0.195.